The van der Waals surface area contributed by atoms with Crippen molar-refractivity contribution in [2.45, 2.75) is 0 Å². The standard InChI is InChI=1S/C4H22N8O7P4/c5-20(6,13)18-22(9,10)16-3-1-15-2-4-17-23(11,12)19-21(7,8)14/h1-4H2,(H3,9,10)(H3,11,12)(H4,5,6,13)(H4,7,8,14). The lowest BCUT2D eigenvalue weighted by molar-refractivity contribution is 0.0759. The van der Waals surface area contributed by atoms with Crippen LogP contribution in [0.4, 0.5) is 0 Å². The Morgan fingerprint density at radius 2 is 0.957 bits per heavy atom. The highest BCUT2D eigenvalue weighted by Crippen LogP contribution is 2.52. The average Bonchev–Trinajstić information content (AvgIpc) is 2.20. The Bertz CT molecular complexity index is 511. The molecule has 19 heteroatoms. The number of ether oxygens (including phenoxy) is 1. The van der Waals surface area contributed by atoms with Gasteiger partial charge in [-0.2, -0.15) is 0 Å². The first-order valence-corrected chi connectivity index (χ1v) is 12.5. The average molecular weight is 418 g/mol. The van der Waals surface area contributed by atoms with Crippen LogP contribution < -0.4 is 33.0 Å². The highest BCUT2D eigenvalue weighted by molar-refractivity contribution is 7.67. The van der Waals surface area contributed by atoms with E-state index >= 15 is 0 Å². The molecular weight excluding hydrogens is 396 g/mol. The van der Waals surface area contributed by atoms with E-state index in [0.29, 0.717) is 0 Å². The molecule has 0 bridgehead atoms. The minimum Gasteiger partial charge on any atom is -0.377 e. The lowest BCUT2D eigenvalue weighted by Gasteiger charge is -2.19. The quantitative estimate of drug-likeness (QED) is 0.154. The summed E-state index contributed by atoms with van der Waals surface area (Å²) in [6.07, 6.45) is 0. The molecule has 0 heterocycles. The van der Waals surface area contributed by atoms with Crippen LogP contribution >= 0.6 is 30.7 Å². The summed E-state index contributed by atoms with van der Waals surface area (Å²) in [5.74, 6) is 0. The molecule has 0 radical (unpaired) electrons. The van der Waals surface area contributed by atoms with Gasteiger partial charge in [-0.1, -0.05) is 0 Å². The summed E-state index contributed by atoms with van der Waals surface area (Å²) in [5, 5.41) is 14.8. The molecule has 15 nitrogen and oxygen atoms in total. The predicted octanol–water partition coefficient (Wildman–Crippen LogP) is 0.0877. The van der Waals surface area contributed by atoms with E-state index in [1.54, 1.807) is 0 Å². The van der Waals surface area contributed by atoms with Gasteiger partial charge in [0, 0.05) is 0 Å². The molecule has 0 saturated heterocycles. The van der Waals surface area contributed by atoms with Crippen molar-refractivity contribution in [1.29, 1.82) is 10.3 Å². The first-order chi connectivity index (χ1) is 10.1. The van der Waals surface area contributed by atoms with Gasteiger partial charge in [0.1, 0.15) is 0 Å². The fourth-order valence-electron chi connectivity index (χ4n) is 0.992. The second-order valence-electron chi connectivity index (χ2n) is 3.93. The zero-order chi connectivity index (χ0) is 18.4. The first-order valence-electron chi connectivity index (χ1n) is 5.61. The van der Waals surface area contributed by atoms with Gasteiger partial charge in [-0.3, -0.25) is 30.5 Å². The summed E-state index contributed by atoms with van der Waals surface area (Å²) in [6, 6.07) is 0. The summed E-state index contributed by atoms with van der Waals surface area (Å²) in [4.78, 5) is 0. The zero-order valence-electron chi connectivity index (χ0n) is 11.9. The Labute approximate surface area is 132 Å². The van der Waals surface area contributed by atoms with Gasteiger partial charge in [-0.05, 0) is 0 Å². The van der Waals surface area contributed by atoms with Crippen molar-refractivity contribution < 1.29 is 31.5 Å². The molecule has 0 amide bonds. The third-order valence-corrected chi connectivity index (χ3v) is 6.63. The molecule has 0 aliphatic rings. The van der Waals surface area contributed by atoms with Crippen molar-refractivity contribution in [3.8, 4) is 0 Å². The molecule has 0 spiro atoms. The topological polar surface area (TPSA) is 284 Å². The van der Waals surface area contributed by atoms with Gasteiger partial charge in [0.25, 0.3) is 15.3 Å². The molecule has 0 aliphatic carbocycles. The Morgan fingerprint density at radius 1 is 0.652 bits per heavy atom. The Kier molecular flexibility index (Phi) is 9.45. The maximum atomic E-state index is 11.0. The van der Waals surface area contributed by atoms with Gasteiger partial charge in [-0.15, -0.1) is 0 Å². The summed E-state index contributed by atoms with van der Waals surface area (Å²) in [7, 11) is -15.2. The fourth-order valence-corrected chi connectivity index (χ4v) is 5.09. The SMILES string of the molecule is N=P(N)(OCCOCCOP(=N)(N)OP(N)(N)=O)OP(N)(N)=O. The molecule has 0 fully saturated rings. The number of rotatable bonds is 12. The third kappa shape index (κ3) is 15.7. The zero-order valence-corrected chi connectivity index (χ0v) is 15.5. The molecule has 0 rings (SSSR count). The van der Waals surface area contributed by atoms with Crippen LogP contribution in [0.15, 0.2) is 0 Å². The van der Waals surface area contributed by atoms with E-state index in [9.17, 15) is 9.13 Å². The molecular formula is C4H22N8O7P4. The lowest BCUT2D eigenvalue weighted by Crippen LogP contribution is -2.15. The third-order valence-electron chi connectivity index (χ3n) is 1.52. The fraction of sp³-hybridized carbons (Fsp3) is 1.00. The van der Waals surface area contributed by atoms with Crippen LogP contribution in [0.5, 0.6) is 0 Å². The van der Waals surface area contributed by atoms with Crippen LogP contribution in [0.2, 0.25) is 0 Å². The molecule has 0 aromatic rings. The van der Waals surface area contributed by atoms with E-state index in [1.807, 2.05) is 0 Å². The van der Waals surface area contributed by atoms with Crippen LogP contribution in [0.1, 0.15) is 0 Å². The van der Waals surface area contributed by atoms with E-state index < -0.39 is 30.7 Å². The van der Waals surface area contributed by atoms with Crippen molar-refractivity contribution in [1.82, 2.24) is 0 Å². The number of hydrogen-bond donors (Lipinski definition) is 8. The van der Waals surface area contributed by atoms with E-state index in [1.165, 1.54) is 0 Å². The molecule has 0 aromatic carbocycles. The van der Waals surface area contributed by atoms with Crippen LogP contribution in [-0.2, 0) is 31.5 Å². The van der Waals surface area contributed by atoms with Crippen molar-refractivity contribution >= 4 is 30.7 Å². The minimum absolute atomic E-state index is 0.0366. The summed E-state index contributed by atoms with van der Waals surface area (Å²) >= 11 is 0. The maximum Gasteiger partial charge on any atom is 0.342 e. The van der Waals surface area contributed by atoms with E-state index in [-0.39, 0.29) is 26.4 Å². The van der Waals surface area contributed by atoms with Gasteiger partial charge in [0.05, 0.1) is 26.4 Å². The molecule has 0 aliphatic heterocycles. The van der Waals surface area contributed by atoms with Crippen LogP contribution in [-0.4, -0.2) is 26.4 Å². The monoisotopic (exact) mass is 418 g/mol. The van der Waals surface area contributed by atoms with Gasteiger partial charge < -0.3 is 13.8 Å². The van der Waals surface area contributed by atoms with Crippen LogP contribution in [0.3, 0.4) is 0 Å². The summed E-state index contributed by atoms with van der Waals surface area (Å²) < 4.78 is 45.3. The molecule has 2 atom stereocenters. The Hall–Kier alpha value is 0.480. The van der Waals surface area contributed by atoms with E-state index in [4.69, 9.17) is 57.1 Å². The van der Waals surface area contributed by atoms with Crippen LogP contribution in [0, 0.1) is 10.3 Å². The lowest BCUT2D eigenvalue weighted by atomic mass is 10.7. The number of hydrogen-bond acceptors (Lipinski definition) is 9. The van der Waals surface area contributed by atoms with Gasteiger partial charge >= 0.3 is 15.3 Å². The second-order valence-corrected chi connectivity index (χ2v) is 10.7. The Balaban J connectivity index is 3.87. The summed E-state index contributed by atoms with van der Waals surface area (Å²) in [6.45, 7) is -0.417. The maximum absolute atomic E-state index is 11.0. The highest BCUT2D eigenvalue weighted by Gasteiger charge is 2.23. The molecule has 2 unspecified atom stereocenters. The smallest absolute Gasteiger partial charge is 0.342 e. The van der Waals surface area contributed by atoms with E-state index in [2.05, 4.69) is 8.62 Å². The highest BCUT2D eigenvalue weighted by atomic mass is 31.3. The van der Waals surface area contributed by atoms with Crippen molar-refractivity contribution in [2.75, 3.05) is 26.4 Å². The van der Waals surface area contributed by atoms with Gasteiger partial charge in [-0.25, -0.2) is 30.6 Å². The predicted molar refractivity (Wildman–Crippen MR) is 84.5 cm³/mol. The van der Waals surface area contributed by atoms with Crippen molar-refractivity contribution in [3.05, 3.63) is 0 Å². The largest absolute Gasteiger partial charge is 0.377 e. The second kappa shape index (κ2) is 9.25. The molecule has 23 heavy (non-hydrogen) atoms. The molecule has 140 valence electrons. The van der Waals surface area contributed by atoms with Gasteiger partial charge in [0.2, 0.25) is 0 Å². The number of nitrogens with one attached hydrogen (secondary N) is 2. The minimum atomic E-state index is -3.93. The molecule has 0 saturated carbocycles. The van der Waals surface area contributed by atoms with Crippen LogP contribution in [0.25, 0.3) is 0 Å². The van der Waals surface area contributed by atoms with E-state index in [0.717, 1.165) is 0 Å². The van der Waals surface area contributed by atoms with Crippen molar-refractivity contribution in [2.24, 2.45) is 33.0 Å². The van der Waals surface area contributed by atoms with Crippen molar-refractivity contribution in [3.63, 3.8) is 0 Å². The molecule has 14 N–H and O–H groups in total. The summed E-state index contributed by atoms with van der Waals surface area (Å²) in [5.41, 5.74) is 30.2. The Morgan fingerprint density at radius 3 is 1.22 bits per heavy atom. The first kappa shape index (κ1) is 23.5. The molecule has 0 aromatic heterocycles. The van der Waals surface area contributed by atoms with Gasteiger partial charge in [0.15, 0.2) is 0 Å². The number of nitrogens with two attached hydrogens (primary N) is 6. The normalized spacial score (nSPS) is 18.3.